The molecule has 0 bridgehead atoms. The second-order valence-corrected chi connectivity index (χ2v) is 6.26. The summed E-state index contributed by atoms with van der Waals surface area (Å²) < 4.78 is 0. The van der Waals surface area contributed by atoms with Crippen molar-refractivity contribution < 1.29 is 5.11 Å². The number of nitrogens with two attached hydrogens (primary N) is 1. The number of rotatable bonds is 3. The Kier molecular flexibility index (Phi) is 3.91. The van der Waals surface area contributed by atoms with Crippen LogP contribution in [0.1, 0.15) is 58.3 Å². The third-order valence-corrected chi connectivity index (χ3v) is 5.02. The maximum Gasteiger partial charge on any atom is 0.0636 e. The Morgan fingerprint density at radius 1 is 1.25 bits per heavy atom. The molecule has 94 valence electrons. The fraction of sp³-hybridized carbons (Fsp3) is 1.00. The lowest BCUT2D eigenvalue weighted by atomic mass is 9.70. The van der Waals surface area contributed by atoms with E-state index in [4.69, 9.17) is 5.73 Å². The third kappa shape index (κ3) is 2.28. The zero-order valence-electron chi connectivity index (χ0n) is 10.6. The second kappa shape index (κ2) is 5.05. The van der Waals surface area contributed by atoms with E-state index < -0.39 is 0 Å². The highest BCUT2D eigenvalue weighted by molar-refractivity contribution is 4.96. The van der Waals surface area contributed by atoms with E-state index >= 15 is 0 Å². The zero-order chi connectivity index (χ0) is 11.6. The Bertz CT molecular complexity index is 225. The zero-order valence-corrected chi connectivity index (χ0v) is 10.6. The molecule has 2 aliphatic carbocycles. The van der Waals surface area contributed by atoms with Crippen LogP contribution in [0.5, 0.6) is 0 Å². The van der Waals surface area contributed by atoms with Gasteiger partial charge in [0.15, 0.2) is 0 Å². The molecular weight excluding hydrogens is 198 g/mol. The van der Waals surface area contributed by atoms with Crippen molar-refractivity contribution in [3.05, 3.63) is 0 Å². The van der Waals surface area contributed by atoms with E-state index in [0.717, 1.165) is 18.8 Å². The quantitative estimate of drug-likeness (QED) is 0.775. The Labute approximate surface area is 99.6 Å². The van der Waals surface area contributed by atoms with E-state index in [9.17, 15) is 5.11 Å². The Balaban J connectivity index is 2.02. The van der Waals surface area contributed by atoms with Gasteiger partial charge in [0.05, 0.1) is 6.10 Å². The van der Waals surface area contributed by atoms with Crippen LogP contribution in [0.4, 0.5) is 0 Å². The van der Waals surface area contributed by atoms with Crippen molar-refractivity contribution in [3.8, 4) is 0 Å². The molecule has 0 saturated heterocycles. The van der Waals surface area contributed by atoms with Crippen LogP contribution in [0.25, 0.3) is 0 Å². The Morgan fingerprint density at radius 3 is 2.44 bits per heavy atom. The maximum absolute atomic E-state index is 10.7. The summed E-state index contributed by atoms with van der Waals surface area (Å²) in [5.74, 6) is 1.28. The van der Waals surface area contributed by atoms with Gasteiger partial charge >= 0.3 is 0 Å². The van der Waals surface area contributed by atoms with Crippen LogP contribution in [0.3, 0.4) is 0 Å². The second-order valence-electron chi connectivity index (χ2n) is 6.26. The normalized spacial score (nSPS) is 38.8. The van der Waals surface area contributed by atoms with Crippen LogP contribution < -0.4 is 5.73 Å². The summed E-state index contributed by atoms with van der Waals surface area (Å²) >= 11 is 0. The number of hydrogen-bond acceptors (Lipinski definition) is 2. The lowest BCUT2D eigenvalue weighted by Crippen LogP contribution is -2.44. The summed E-state index contributed by atoms with van der Waals surface area (Å²) in [4.78, 5) is 0. The first kappa shape index (κ1) is 12.4. The predicted molar refractivity (Wildman–Crippen MR) is 67.1 cm³/mol. The standard InChI is InChI=1S/C14H27NO/c1-11-7-8-14(9-11,10-15)13(16)12-5-3-2-4-6-12/h11-13,16H,2-10,15H2,1H3. The minimum absolute atomic E-state index is 0.0570. The van der Waals surface area contributed by atoms with Gasteiger partial charge in [-0.1, -0.05) is 32.6 Å². The van der Waals surface area contributed by atoms with Gasteiger partial charge in [0.25, 0.3) is 0 Å². The molecule has 2 nitrogen and oxygen atoms in total. The van der Waals surface area contributed by atoms with Crippen LogP contribution in [0.15, 0.2) is 0 Å². The van der Waals surface area contributed by atoms with E-state index in [-0.39, 0.29) is 11.5 Å². The summed E-state index contributed by atoms with van der Waals surface area (Å²) in [6.07, 6.45) is 9.80. The summed E-state index contributed by atoms with van der Waals surface area (Å²) in [5, 5.41) is 10.7. The van der Waals surface area contributed by atoms with Crippen LogP contribution in [-0.4, -0.2) is 17.8 Å². The highest BCUT2D eigenvalue weighted by Gasteiger charge is 2.45. The van der Waals surface area contributed by atoms with Crippen LogP contribution in [0, 0.1) is 17.3 Å². The smallest absolute Gasteiger partial charge is 0.0636 e. The van der Waals surface area contributed by atoms with Crippen molar-refractivity contribution in [1.82, 2.24) is 0 Å². The molecule has 0 aliphatic heterocycles. The van der Waals surface area contributed by atoms with E-state index in [1.54, 1.807) is 0 Å². The molecule has 3 atom stereocenters. The highest BCUT2D eigenvalue weighted by atomic mass is 16.3. The van der Waals surface area contributed by atoms with Crippen LogP contribution in [-0.2, 0) is 0 Å². The number of aliphatic hydroxyl groups is 1. The van der Waals surface area contributed by atoms with Crippen molar-refractivity contribution >= 4 is 0 Å². The minimum atomic E-state index is -0.136. The van der Waals surface area contributed by atoms with Crippen molar-refractivity contribution in [2.45, 2.75) is 64.4 Å². The molecule has 2 fully saturated rings. The SMILES string of the molecule is CC1CCC(CN)(C(O)C2CCCCC2)C1. The highest BCUT2D eigenvalue weighted by Crippen LogP contribution is 2.47. The van der Waals surface area contributed by atoms with E-state index in [2.05, 4.69) is 6.92 Å². The van der Waals surface area contributed by atoms with Crippen molar-refractivity contribution in [3.63, 3.8) is 0 Å². The van der Waals surface area contributed by atoms with Gasteiger partial charge in [-0.05, 0) is 37.5 Å². The molecule has 0 aromatic heterocycles. The van der Waals surface area contributed by atoms with Gasteiger partial charge in [-0.2, -0.15) is 0 Å². The molecular formula is C14H27NO. The molecule has 0 radical (unpaired) electrons. The summed E-state index contributed by atoms with van der Waals surface area (Å²) in [5.41, 5.74) is 6.04. The number of hydrogen-bond donors (Lipinski definition) is 2. The van der Waals surface area contributed by atoms with Gasteiger partial charge < -0.3 is 10.8 Å². The van der Waals surface area contributed by atoms with Gasteiger partial charge in [-0.25, -0.2) is 0 Å². The first-order valence-corrected chi connectivity index (χ1v) is 7.06. The fourth-order valence-corrected chi connectivity index (χ4v) is 3.96. The van der Waals surface area contributed by atoms with Gasteiger partial charge in [0, 0.05) is 12.0 Å². The van der Waals surface area contributed by atoms with Gasteiger partial charge in [0.2, 0.25) is 0 Å². The van der Waals surface area contributed by atoms with Crippen LogP contribution in [0.2, 0.25) is 0 Å². The average Bonchev–Trinajstić information content (AvgIpc) is 2.72. The van der Waals surface area contributed by atoms with Gasteiger partial charge in [-0.15, -0.1) is 0 Å². The lowest BCUT2D eigenvalue weighted by molar-refractivity contribution is -0.0250. The van der Waals surface area contributed by atoms with Crippen molar-refractivity contribution in [1.29, 1.82) is 0 Å². The molecule has 2 rings (SSSR count). The largest absolute Gasteiger partial charge is 0.392 e. The summed E-state index contributed by atoms with van der Waals surface area (Å²) in [7, 11) is 0. The fourth-order valence-electron chi connectivity index (χ4n) is 3.96. The van der Waals surface area contributed by atoms with Gasteiger partial charge in [-0.3, -0.25) is 0 Å². The summed E-state index contributed by atoms with van der Waals surface area (Å²) in [6.45, 7) is 2.97. The van der Waals surface area contributed by atoms with Crippen LogP contribution >= 0.6 is 0 Å². The molecule has 3 N–H and O–H groups in total. The number of aliphatic hydroxyl groups excluding tert-OH is 1. The third-order valence-electron chi connectivity index (χ3n) is 5.02. The predicted octanol–water partition coefficient (Wildman–Crippen LogP) is 2.69. The molecule has 3 unspecified atom stereocenters. The average molecular weight is 225 g/mol. The molecule has 2 saturated carbocycles. The first-order chi connectivity index (χ1) is 7.68. The van der Waals surface area contributed by atoms with E-state index in [1.165, 1.54) is 38.5 Å². The Morgan fingerprint density at radius 2 is 1.94 bits per heavy atom. The summed E-state index contributed by atoms with van der Waals surface area (Å²) in [6, 6.07) is 0. The topological polar surface area (TPSA) is 46.2 Å². The molecule has 0 spiro atoms. The molecule has 0 amide bonds. The molecule has 0 heterocycles. The minimum Gasteiger partial charge on any atom is -0.392 e. The van der Waals surface area contributed by atoms with Crippen molar-refractivity contribution in [2.75, 3.05) is 6.54 Å². The Hall–Kier alpha value is -0.0800. The monoisotopic (exact) mass is 225 g/mol. The lowest BCUT2D eigenvalue weighted by Gasteiger charge is -2.39. The molecule has 2 heteroatoms. The van der Waals surface area contributed by atoms with E-state index in [0.29, 0.717) is 12.5 Å². The molecule has 0 aromatic carbocycles. The molecule has 16 heavy (non-hydrogen) atoms. The first-order valence-electron chi connectivity index (χ1n) is 7.06. The van der Waals surface area contributed by atoms with E-state index in [1.807, 2.05) is 0 Å². The van der Waals surface area contributed by atoms with Gasteiger partial charge in [0.1, 0.15) is 0 Å². The molecule has 2 aliphatic rings. The maximum atomic E-state index is 10.7. The molecule has 0 aromatic rings. The van der Waals surface area contributed by atoms with Crippen molar-refractivity contribution in [2.24, 2.45) is 23.0 Å².